The van der Waals surface area contributed by atoms with Crippen molar-refractivity contribution < 1.29 is 4.42 Å². The lowest BCUT2D eigenvalue weighted by molar-refractivity contribution is 0.660. The van der Waals surface area contributed by atoms with Gasteiger partial charge in [0.15, 0.2) is 0 Å². The van der Waals surface area contributed by atoms with Crippen LogP contribution >= 0.6 is 0 Å². The quantitative estimate of drug-likeness (QED) is 0.176. The summed E-state index contributed by atoms with van der Waals surface area (Å²) < 4.78 is 6.32. The highest BCUT2D eigenvalue weighted by molar-refractivity contribution is 6.12. The number of hydrogen-bond acceptors (Lipinski definition) is 2. The smallest absolute Gasteiger partial charge is 0.136 e. The van der Waals surface area contributed by atoms with Gasteiger partial charge in [-0.15, -0.1) is 0 Å². The summed E-state index contributed by atoms with van der Waals surface area (Å²) in [6.07, 6.45) is 0. The molecule has 0 radical (unpaired) electrons. The Morgan fingerprint density at radius 2 is 1.00 bits per heavy atom. The van der Waals surface area contributed by atoms with E-state index in [0.717, 1.165) is 44.4 Å². The van der Waals surface area contributed by atoms with Gasteiger partial charge >= 0.3 is 0 Å². The van der Waals surface area contributed by atoms with Crippen LogP contribution in [0, 0.1) is 0 Å². The fourth-order valence-electron chi connectivity index (χ4n) is 9.86. The zero-order valence-electron chi connectivity index (χ0n) is 32.1. The van der Waals surface area contributed by atoms with E-state index in [1.165, 1.54) is 61.3 Å². The maximum absolute atomic E-state index is 6.32. The molecule has 9 aromatic rings. The van der Waals surface area contributed by atoms with E-state index >= 15 is 0 Å². The van der Waals surface area contributed by atoms with E-state index in [0.29, 0.717) is 0 Å². The Morgan fingerprint density at radius 3 is 1.84 bits per heavy atom. The minimum Gasteiger partial charge on any atom is -0.456 e. The Bertz CT molecular complexity index is 3030. The summed E-state index contributed by atoms with van der Waals surface area (Å²) in [6, 6.07) is 64.6. The fraction of sp³-hybridized carbons (Fsp3) is 0.111. The first-order valence-corrected chi connectivity index (χ1v) is 19.7. The topological polar surface area (TPSA) is 16.4 Å². The molecule has 0 N–H and O–H groups in total. The number of hydrogen-bond donors (Lipinski definition) is 0. The molecule has 1 aromatic heterocycles. The molecule has 268 valence electrons. The number of rotatable bonds is 5. The van der Waals surface area contributed by atoms with Gasteiger partial charge in [0, 0.05) is 38.5 Å². The Labute approximate surface area is 328 Å². The van der Waals surface area contributed by atoms with Crippen LogP contribution in [0.15, 0.2) is 180 Å². The van der Waals surface area contributed by atoms with Crippen molar-refractivity contribution in [3.63, 3.8) is 0 Å². The molecule has 1 heterocycles. The molecule has 0 saturated heterocycles. The van der Waals surface area contributed by atoms with Crippen molar-refractivity contribution in [1.29, 1.82) is 0 Å². The summed E-state index contributed by atoms with van der Waals surface area (Å²) in [4.78, 5) is 2.46. The van der Waals surface area contributed by atoms with Gasteiger partial charge in [0.25, 0.3) is 0 Å². The van der Waals surface area contributed by atoms with Crippen LogP contribution in [-0.4, -0.2) is 0 Å². The van der Waals surface area contributed by atoms with E-state index in [1.54, 1.807) is 0 Å². The summed E-state index contributed by atoms with van der Waals surface area (Å²) >= 11 is 0. The second-order valence-electron chi connectivity index (χ2n) is 16.5. The van der Waals surface area contributed by atoms with Crippen LogP contribution in [0.5, 0.6) is 0 Å². The summed E-state index contributed by atoms with van der Waals surface area (Å²) in [5.41, 5.74) is 20.6. The van der Waals surface area contributed by atoms with Crippen molar-refractivity contribution in [1.82, 2.24) is 0 Å². The number of furan rings is 1. The molecule has 0 amide bonds. The lowest BCUT2D eigenvalue weighted by Gasteiger charge is -2.29. The molecule has 0 saturated carbocycles. The molecule has 2 nitrogen and oxygen atoms in total. The molecule has 0 atom stereocenters. The summed E-state index contributed by atoms with van der Waals surface area (Å²) in [6.45, 7) is 9.41. The molecule has 0 spiro atoms. The Balaban J connectivity index is 1.08. The predicted molar refractivity (Wildman–Crippen MR) is 234 cm³/mol. The van der Waals surface area contributed by atoms with Gasteiger partial charge in [-0.1, -0.05) is 155 Å². The molecule has 0 aliphatic heterocycles. The molecule has 11 rings (SSSR count). The first kappa shape index (κ1) is 32.8. The van der Waals surface area contributed by atoms with E-state index in [9.17, 15) is 0 Å². The Hall–Kier alpha value is -6.64. The summed E-state index contributed by atoms with van der Waals surface area (Å²) in [5, 5.41) is 2.28. The molecule has 2 heteroatoms. The fourth-order valence-corrected chi connectivity index (χ4v) is 9.86. The predicted octanol–water partition coefficient (Wildman–Crippen LogP) is 15.0. The third-order valence-electron chi connectivity index (χ3n) is 12.7. The maximum atomic E-state index is 6.32. The lowest BCUT2D eigenvalue weighted by atomic mass is 9.81. The minimum absolute atomic E-state index is 0.0471. The number of anilines is 3. The maximum Gasteiger partial charge on any atom is 0.136 e. The van der Waals surface area contributed by atoms with Gasteiger partial charge in [-0.2, -0.15) is 0 Å². The largest absolute Gasteiger partial charge is 0.456 e. The molecule has 2 aliphatic rings. The first-order chi connectivity index (χ1) is 27.3. The number of benzene rings is 8. The van der Waals surface area contributed by atoms with E-state index in [1.807, 2.05) is 6.07 Å². The van der Waals surface area contributed by atoms with Crippen LogP contribution in [0.3, 0.4) is 0 Å². The summed E-state index contributed by atoms with van der Waals surface area (Å²) in [5.74, 6) is 0. The SMILES string of the molecule is CC1(C)c2ccccc2-c2ccc(-c3ccc(N(c4cccc(-c5cccc6oc7ccccc7c56)c4)c4cccc5c4-c4ccccc4C5(C)C)cc3)cc21. The third-order valence-corrected chi connectivity index (χ3v) is 12.7. The molecule has 8 aromatic carbocycles. The molecular formula is C54H41NO. The van der Waals surface area contributed by atoms with E-state index in [2.05, 4.69) is 202 Å². The van der Waals surface area contributed by atoms with Gasteiger partial charge in [0.2, 0.25) is 0 Å². The van der Waals surface area contributed by atoms with Crippen LogP contribution < -0.4 is 4.90 Å². The zero-order valence-corrected chi connectivity index (χ0v) is 32.1. The Kier molecular flexibility index (Phi) is 6.98. The highest BCUT2D eigenvalue weighted by Crippen LogP contribution is 2.55. The van der Waals surface area contributed by atoms with Crippen molar-refractivity contribution in [2.45, 2.75) is 38.5 Å². The van der Waals surface area contributed by atoms with E-state index in [4.69, 9.17) is 4.42 Å². The van der Waals surface area contributed by atoms with Gasteiger partial charge in [-0.05, 0) is 110 Å². The Morgan fingerprint density at radius 1 is 0.393 bits per heavy atom. The minimum atomic E-state index is -0.113. The number of para-hydroxylation sites is 1. The molecule has 2 aliphatic carbocycles. The lowest BCUT2D eigenvalue weighted by Crippen LogP contribution is -2.16. The summed E-state index contributed by atoms with van der Waals surface area (Å²) in [7, 11) is 0. The van der Waals surface area contributed by atoms with Crippen molar-refractivity contribution in [3.05, 3.63) is 198 Å². The molecule has 0 unspecified atom stereocenters. The average molecular weight is 720 g/mol. The van der Waals surface area contributed by atoms with Gasteiger partial charge in [-0.3, -0.25) is 0 Å². The van der Waals surface area contributed by atoms with Gasteiger partial charge in [0.1, 0.15) is 11.2 Å². The monoisotopic (exact) mass is 719 g/mol. The van der Waals surface area contributed by atoms with Gasteiger partial charge in [-0.25, -0.2) is 0 Å². The number of fused-ring (bicyclic) bond motifs is 9. The van der Waals surface area contributed by atoms with Crippen LogP contribution in [-0.2, 0) is 10.8 Å². The molecule has 0 fully saturated rings. The molecule has 0 bridgehead atoms. The third kappa shape index (κ3) is 4.69. The van der Waals surface area contributed by atoms with E-state index < -0.39 is 0 Å². The zero-order chi connectivity index (χ0) is 37.8. The molecule has 56 heavy (non-hydrogen) atoms. The van der Waals surface area contributed by atoms with Crippen molar-refractivity contribution >= 4 is 39.0 Å². The first-order valence-electron chi connectivity index (χ1n) is 19.7. The number of nitrogens with zero attached hydrogens (tertiary/aromatic N) is 1. The highest BCUT2D eigenvalue weighted by atomic mass is 16.3. The molecular weight excluding hydrogens is 679 g/mol. The highest BCUT2D eigenvalue weighted by Gasteiger charge is 2.38. The van der Waals surface area contributed by atoms with Crippen molar-refractivity contribution in [2.24, 2.45) is 0 Å². The average Bonchev–Trinajstić information content (AvgIpc) is 3.81. The van der Waals surface area contributed by atoms with E-state index in [-0.39, 0.29) is 10.8 Å². The van der Waals surface area contributed by atoms with Gasteiger partial charge < -0.3 is 9.32 Å². The van der Waals surface area contributed by atoms with Crippen LogP contribution in [0.25, 0.3) is 66.4 Å². The van der Waals surface area contributed by atoms with Crippen LogP contribution in [0.4, 0.5) is 17.1 Å². The van der Waals surface area contributed by atoms with Gasteiger partial charge in [0.05, 0.1) is 5.69 Å². The second-order valence-corrected chi connectivity index (χ2v) is 16.5. The normalized spacial score (nSPS) is 14.4. The van der Waals surface area contributed by atoms with Crippen LogP contribution in [0.2, 0.25) is 0 Å². The standard InChI is InChI=1S/C54H41NO/c1-53(2)45-21-9-6-17-42(45)52-46(53)22-13-23-48(52)55(38-15-11-14-36(32-38)39-19-12-25-50-51(39)43-18-7-10-24-49(43)56-50)37-29-26-34(27-30-37)35-28-31-41-40-16-5-8-20-44(40)54(3,4)47(41)33-35/h5-33H,1-4H3. The van der Waals surface area contributed by atoms with Crippen molar-refractivity contribution in [2.75, 3.05) is 4.90 Å². The van der Waals surface area contributed by atoms with Crippen molar-refractivity contribution in [3.8, 4) is 44.5 Å². The second kappa shape index (κ2) is 11.9. The van der Waals surface area contributed by atoms with Crippen LogP contribution in [0.1, 0.15) is 49.9 Å².